The van der Waals surface area contributed by atoms with E-state index >= 15 is 0 Å². The number of hydrogen-bond donors (Lipinski definition) is 0. The van der Waals surface area contributed by atoms with Gasteiger partial charge in [0, 0.05) is 16.8 Å². The number of carbonyl (C=O) groups is 1. The Labute approximate surface area is 124 Å². The number of halogens is 2. The largest absolute Gasteiger partial charge is 0.464 e. The van der Waals surface area contributed by atoms with Gasteiger partial charge in [-0.1, -0.05) is 18.5 Å². The fourth-order valence-electron chi connectivity index (χ4n) is 1.83. The van der Waals surface area contributed by atoms with E-state index < -0.39 is 17.2 Å². The zero-order chi connectivity index (χ0) is 15.6. The summed E-state index contributed by atoms with van der Waals surface area (Å²) in [6, 6.07) is 3.82. The van der Waals surface area contributed by atoms with E-state index in [-0.39, 0.29) is 10.7 Å². The molecule has 0 N–H and O–H groups in total. The van der Waals surface area contributed by atoms with Gasteiger partial charge in [-0.25, -0.2) is 13.9 Å². The maximum Gasteiger partial charge on any atom is 0.362 e. The summed E-state index contributed by atoms with van der Waals surface area (Å²) in [5.41, 5.74) is -0.175. The van der Waals surface area contributed by atoms with Crippen LogP contribution in [-0.4, -0.2) is 22.9 Å². The fraction of sp³-hybridized carbons (Fsp3) is 0.214. The maximum atomic E-state index is 13.4. The Kier molecular flexibility index (Phi) is 4.37. The SMILES string of the molecule is CCc1cn(-c2cc(F)cc(Cl)c2)nc(C(=O)OC)c1=O. The van der Waals surface area contributed by atoms with Gasteiger partial charge in [-0.15, -0.1) is 0 Å². The number of methoxy groups -OCH3 is 1. The quantitative estimate of drug-likeness (QED) is 0.817. The standard InChI is InChI=1S/C14H12ClFN2O3/c1-3-8-7-18(11-5-9(15)4-10(16)6-11)17-12(13(8)19)14(20)21-2/h4-7H,3H2,1-2H3. The summed E-state index contributed by atoms with van der Waals surface area (Å²) in [4.78, 5) is 23.7. The molecule has 0 aliphatic carbocycles. The van der Waals surface area contributed by atoms with Crippen molar-refractivity contribution in [2.45, 2.75) is 13.3 Å². The number of carbonyl (C=O) groups excluding carboxylic acids is 1. The van der Waals surface area contributed by atoms with Gasteiger partial charge < -0.3 is 4.74 Å². The molecule has 0 unspecified atom stereocenters. The highest BCUT2D eigenvalue weighted by Crippen LogP contribution is 2.17. The first-order valence-corrected chi connectivity index (χ1v) is 6.51. The van der Waals surface area contributed by atoms with Crippen LogP contribution in [0.15, 0.2) is 29.2 Å². The zero-order valence-electron chi connectivity index (χ0n) is 11.4. The molecule has 0 aliphatic heterocycles. The van der Waals surface area contributed by atoms with Crippen LogP contribution in [0.4, 0.5) is 4.39 Å². The van der Waals surface area contributed by atoms with Crippen molar-refractivity contribution in [3.8, 4) is 5.69 Å². The molecule has 2 aromatic rings. The van der Waals surface area contributed by atoms with E-state index in [1.54, 1.807) is 6.92 Å². The molecule has 1 aromatic heterocycles. The predicted octanol–water partition coefficient (Wildman–Crippen LogP) is 2.37. The first kappa shape index (κ1) is 15.2. The number of nitrogens with zero attached hydrogens (tertiary/aromatic N) is 2. The summed E-state index contributed by atoms with van der Waals surface area (Å²) in [6.07, 6.45) is 1.84. The molecule has 0 saturated heterocycles. The fourth-order valence-corrected chi connectivity index (χ4v) is 2.04. The Morgan fingerprint density at radius 3 is 2.71 bits per heavy atom. The Morgan fingerprint density at radius 1 is 1.43 bits per heavy atom. The topological polar surface area (TPSA) is 61.2 Å². The lowest BCUT2D eigenvalue weighted by Gasteiger charge is -2.10. The molecule has 1 aromatic carbocycles. The molecule has 7 heteroatoms. The first-order valence-electron chi connectivity index (χ1n) is 6.14. The highest BCUT2D eigenvalue weighted by Gasteiger charge is 2.17. The molecule has 0 aliphatic rings. The molecule has 110 valence electrons. The summed E-state index contributed by atoms with van der Waals surface area (Å²) in [6.45, 7) is 1.76. The van der Waals surface area contributed by atoms with Crippen molar-refractivity contribution < 1.29 is 13.9 Å². The summed E-state index contributed by atoms with van der Waals surface area (Å²) in [5.74, 6) is -1.39. The molecule has 2 rings (SSSR count). The van der Waals surface area contributed by atoms with E-state index in [0.717, 1.165) is 13.2 Å². The number of esters is 1. The number of ether oxygens (including phenoxy) is 1. The van der Waals surface area contributed by atoms with E-state index in [1.165, 1.54) is 23.0 Å². The minimum absolute atomic E-state index is 0.183. The van der Waals surface area contributed by atoms with Crippen molar-refractivity contribution in [2.75, 3.05) is 7.11 Å². The molecule has 1 heterocycles. The van der Waals surface area contributed by atoms with Crippen LogP contribution in [0.2, 0.25) is 5.02 Å². The van der Waals surface area contributed by atoms with Gasteiger partial charge in [0.1, 0.15) is 5.82 Å². The van der Waals surface area contributed by atoms with E-state index in [9.17, 15) is 14.0 Å². The highest BCUT2D eigenvalue weighted by atomic mass is 35.5. The second-order valence-electron chi connectivity index (χ2n) is 4.25. The molecule has 0 atom stereocenters. The van der Waals surface area contributed by atoms with E-state index in [0.29, 0.717) is 17.7 Å². The third-order valence-corrected chi connectivity index (χ3v) is 3.08. The Hall–Kier alpha value is -2.21. The smallest absolute Gasteiger partial charge is 0.362 e. The summed E-state index contributed by atoms with van der Waals surface area (Å²) in [7, 11) is 1.16. The van der Waals surface area contributed by atoms with Crippen LogP contribution in [0.25, 0.3) is 5.69 Å². The van der Waals surface area contributed by atoms with Gasteiger partial charge in [-0.3, -0.25) is 4.79 Å². The normalized spacial score (nSPS) is 10.5. The van der Waals surface area contributed by atoms with Crippen LogP contribution in [0.3, 0.4) is 0 Å². The third-order valence-electron chi connectivity index (χ3n) is 2.86. The van der Waals surface area contributed by atoms with Gasteiger partial charge in [0.25, 0.3) is 0 Å². The van der Waals surface area contributed by atoms with E-state index in [1.807, 2.05) is 0 Å². The van der Waals surface area contributed by atoms with Crippen LogP contribution < -0.4 is 5.43 Å². The van der Waals surface area contributed by atoms with Crippen LogP contribution in [0.1, 0.15) is 23.0 Å². The lowest BCUT2D eigenvalue weighted by molar-refractivity contribution is 0.0590. The van der Waals surface area contributed by atoms with Crippen molar-refractivity contribution >= 4 is 17.6 Å². The number of rotatable bonds is 3. The number of benzene rings is 1. The second kappa shape index (κ2) is 6.05. The minimum Gasteiger partial charge on any atom is -0.464 e. The van der Waals surface area contributed by atoms with Gasteiger partial charge in [0.05, 0.1) is 12.8 Å². The number of hydrogen-bond acceptors (Lipinski definition) is 4. The van der Waals surface area contributed by atoms with E-state index in [2.05, 4.69) is 9.84 Å². The summed E-state index contributed by atoms with van der Waals surface area (Å²) >= 11 is 5.80. The van der Waals surface area contributed by atoms with Crippen LogP contribution in [-0.2, 0) is 11.2 Å². The van der Waals surface area contributed by atoms with Crippen molar-refractivity contribution in [1.82, 2.24) is 9.78 Å². The molecule has 0 fully saturated rings. The van der Waals surface area contributed by atoms with Gasteiger partial charge in [0.15, 0.2) is 0 Å². The highest BCUT2D eigenvalue weighted by molar-refractivity contribution is 6.30. The Balaban J connectivity index is 2.69. The molecule has 0 bridgehead atoms. The lowest BCUT2D eigenvalue weighted by atomic mass is 10.2. The second-order valence-corrected chi connectivity index (χ2v) is 4.69. The minimum atomic E-state index is -0.841. The van der Waals surface area contributed by atoms with E-state index in [4.69, 9.17) is 11.6 Å². The van der Waals surface area contributed by atoms with Crippen molar-refractivity contribution in [2.24, 2.45) is 0 Å². The van der Waals surface area contributed by atoms with Crippen molar-refractivity contribution in [1.29, 1.82) is 0 Å². The van der Waals surface area contributed by atoms with Crippen molar-refractivity contribution in [3.05, 3.63) is 56.7 Å². The molecular formula is C14H12ClFN2O3. The van der Waals surface area contributed by atoms with Crippen LogP contribution in [0, 0.1) is 5.82 Å². The Morgan fingerprint density at radius 2 is 2.14 bits per heavy atom. The summed E-state index contributed by atoms with van der Waals surface area (Å²) in [5, 5.41) is 4.09. The van der Waals surface area contributed by atoms with Gasteiger partial charge in [-0.2, -0.15) is 5.10 Å². The molecular weight excluding hydrogens is 299 g/mol. The van der Waals surface area contributed by atoms with Gasteiger partial charge >= 0.3 is 5.97 Å². The first-order chi connectivity index (χ1) is 9.96. The molecule has 21 heavy (non-hydrogen) atoms. The van der Waals surface area contributed by atoms with Gasteiger partial charge in [0.2, 0.25) is 11.1 Å². The summed E-state index contributed by atoms with van der Waals surface area (Å²) < 4.78 is 19.2. The molecule has 5 nitrogen and oxygen atoms in total. The average Bonchev–Trinajstić information content (AvgIpc) is 2.45. The third kappa shape index (κ3) is 3.11. The number of aryl methyl sites for hydroxylation is 1. The van der Waals surface area contributed by atoms with Crippen LogP contribution >= 0.6 is 11.6 Å². The van der Waals surface area contributed by atoms with Crippen molar-refractivity contribution in [3.63, 3.8) is 0 Å². The molecule has 0 radical (unpaired) electrons. The predicted molar refractivity (Wildman–Crippen MR) is 75.5 cm³/mol. The molecule has 0 amide bonds. The Bertz CT molecular complexity index is 738. The average molecular weight is 311 g/mol. The van der Waals surface area contributed by atoms with Gasteiger partial charge in [-0.05, 0) is 24.6 Å². The molecule has 0 saturated carbocycles. The number of aromatic nitrogens is 2. The lowest BCUT2D eigenvalue weighted by Crippen LogP contribution is -2.25. The monoisotopic (exact) mass is 310 g/mol. The van der Waals surface area contributed by atoms with Crippen LogP contribution in [0.5, 0.6) is 0 Å². The maximum absolute atomic E-state index is 13.4. The zero-order valence-corrected chi connectivity index (χ0v) is 12.1. The molecule has 0 spiro atoms.